The van der Waals surface area contributed by atoms with Gasteiger partial charge in [0.1, 0.15) is 5.75 Å². The van der Waals surface area contributed by atoms with E-state index in [2.05, 4.69) is 4.98 Å². The molecule has 1 atom stereocenters. The first-order valence-electron chi connectivity index (χ1n) is 5.04. The molecule has 0 spiro atoms. The van der Waals surface area contributed by atoms with Crippen molar-refractivity contribution in [2.45, 2.75) is 13.0 Å². The monoisotopic (exact) mass is 249 g/mol. The highest BCUT2D eigenvalue weighted by Crippen LogP contribution is 2.33. The molecular formula is C12H11NO3S. The van der Waals surface area contributed by atoms with Crippen molar-refractivity contribution in [1.82, 2.24) is 4.98 Å². The molecular weight excluding hydrogens is 238 g/mol. The van der Waals surface area contributed by atoms with Crippen molar-refractivity contribution < 1.29 is 14.6 Å². The maximum atomic E-state index is 10.7. The average Bonchev–Trinajstić information content (AvgIpc) is 2.78. The number of pyridine rings is 1. The van der Waals surface area contributed by atoms with Crippen LogP contribution in [0.25, 0.3) is 11.1 Å². The van der Waals surface area contributed by atoms with E-state index in [1.165, 1.54) is 18.3 Å². The number of thiophene rings is 1. The van der Waals surface area contributed by atoms with Crippen molar-refractivity contribution in [3.05, 3.63) is 35.3 Å². The van der Waals surface area contributed by atoms with E-state index in [9.17, 15) is 4.79 Å². The highest BCUT2D eigenvalue weighted by atomic mass is 32.1. The summed E-state index contributed by atoms with van der Waals surface area (Å²) in [5.74, 6) is -0.397. The second kappa shape index (κ2) is 4.97. The third kappa shape index (κ3) is 2.62. The van der Waals surface area contributed by atoms with Gasteiger partial charge in [0.2, 0.25) is 0 Å². The van der Waals surface area contributed by atoms with Gasteiger partial charge in [0.05, 0.1) is 0 Å². The molecule has 2 aromatic rings. The number of carbonyl (C=O) groups is 1. The Bertz CT molecular complexity index is 509. The zero-order chi connectivity index (χ0) is 12.3. The number of ether oxygens (including phenoxy) is 1. The molecule has 0 fully saturated rings. The molecule has 2 aromatic heterocycles. The van der Waals surface area contributed by atoms with Gasteiger partial charge >= 0.3 is 5.97 Å². The number of hydrogen-bond donors (Lipinski definition) is 1. The molecule has 0 aliphatic carbocycles. The molecule has 0 aromatic carbocycles. The lowest BCUT2D eigenvalue weighted by atomic mass is 10.1. The molecule has 0 aliphatic rings. The first-order chi connectivity index (χ1) is 8.18. The van der Waals surface area contributed by atoms with Crippen LogP contribution in [-0.4, -0.2) is 22.2 Å². The van der Waals surface area contributed by atoms with Crippen LogP contribution in [0.1, 0.15) is 6.92 Å². The van der Waals surface area contributed by atoms with Gasteiger partial charge in [-0.1, -0.05) is 6.07 Å². The predicted octanol–water partition coefficient (Wildman–Crippen LogP) is 2.66. The second-order valence-electron chi connectivity index (χ2n) is 3.49. The van der Waals surface area contributed by atoms with Crippen molar-refractivity contribution in [1.29, 1.82) is 0 Å². The summed E-state index contributed by atoms with van der Waals surface area (Å²) in [5.41, 5.74) is 1.79. The molecule has 0 saturated carbocycles. The van der Waals surface area contributed by atoms with Gasteiger partial charge in [-0.15, -0.1) is 11.3 Å². The standard InChI is InChI=1S/C12H11NO3S/c1-8(12(14)15)16-11-7-17-6-10(11)9-3-2-4-13-5-9/h2-8H,1H3,(H,14,15)/t8-/m1/s1. The zero-order valence-corrected chi connectivity index (χ0v) is 9.98. The van der Waals surface area contributed by atoms with Gasteiger partial charge in [0.15, 0.2) is 6.10 Å². The minimum Gasteiger partial charge on any atom is -0.479 e. The van der Waals surface area contributed by atoms with Crippen LogP contribution in [0.3, 0.4) is 0 Å². The fourth-order valence-corrected chi connectivity index (χ4v) is 2.11. The molecule has 5 heteroatoms. The topological polar surface area (TPSA) is 59.4 Å². The number of hydrogen-bond acceptors (Lipinski definition) is 4. The molecule has 1 N–H and O–H groups in total. The second-order valence-corrected chi connectivity index (χ2v) is 4.23. The molecule has 17 heavy (non-hydrogen) atoms. The molecule has 4 nitrogen and oxygen atoms in total. The summed E-state index contributed by atoms with van der Waals surface area (Å²) in [7, 11) is 0. The Labute approximate surface area is 103 Å². The van der Waals surface area contributed by atoms with Gasteiger partial charge in [-0.25, -0.2) is 4.79 Å². The number of carboxylic acid groups (broad SMARTS) is 1. The molecule has 0 aliphatic heterocycles. The van der Waals surface area contributed by atoms with Crippen molar-refractivity contribution in [2.75, 3.05) is 0 Å². The van der Waals surface area contributed by atoms with Gasteiger partial charge in [-0.2, -0.15) is 0 Å². The summed E-state index contributed by atoms with van der Waals surface area (Å²) < 4.78 is 5.38. The quantitative estimate of drug-likeness (QED) is 0.905. The third-order valence-electron chi connectivity index (χ3n) is 2.25. The molecule has 0 saturated heterocycles. The molecule has 2 heterocycles. The molecule has 0 radical (unpaired) electrons. The van der Waals surface area contributed by atoms with Crippen LogP contribution in [0.4, 0.5) is 0 Å². The molecule has 0 bridgehead atoms. The van der Waals surface area contributed by atoms with Crippen LogP contribution in [0, 0.1) is 0 Å². The molecule has 0 unspecified atom stereocenters. The Morgan fingerprint density at radius 3 is 3.00 bits per heavy atom. The summed E-state index contributed by atoms with van der Waals surface area (Å²) in [4.78, 5) is 14.8. The van der Waals surface area contributed by atoms with Crippen LogP contribution in [-0.2, 0) is 4.79 Å². The number of aromatic nitrogens is 1. The minimum atomic E-state index is -0.978. The van der Waals surface area contributed by atoms with Crippen molar-refractivity contribution in [3.8, 4) is 16.9 Å². The van der Waals surface area contributed by atoms with E-state index in [4.69, 9.17) is 9.84 Å². The highest BCUT2D eigenvalue weighted by molar-refractivity contribution is 7.08. The molecule has 0 amide bonds. The summed E-state index contributed by atoms with van der Waals surface area (Å²) in [5, 5.41) is 12.5. The Hall–Kier alpha value is -1.88. The summed E-state index contributed by atoms with van der Waals surface area (Å²) >= 11 is 1.47. The van der Waals surface area contributed by atoms with Crippen LogP contribution >= 0.6 is 11.3 Å². The summed E-state index contributed by atoms with van der Waals surface area (Å²) in [6, 6.07) is 3.74. The zero-order valence-electron chi connectivity index (χ0n) is 9.16. The average molecular weight is 249 g/mol. The first kappa shape index (κ1) is 11.6. The summed E-state index contributed by atoms with van der Waals surface area (Å²) in [6.45, 7) is 1.51. The van der Waals surface area contributed by atoms with E-state index in [-0.39, 0.29) is 0 Å². The van der Waals surface area contributed by atoms with E-state index < -0.39 is 12.1 Å². The predicted molar refractivity (Wildman–Crippen MR) is 65.3 cm³/mol. The summed E-state index contributed by atoms with van der Waals surface area (Å²) in [6.07, 6.45) is 2.55. The smallest absolute Gasteiger partial charge is 0.344 e. The Balaban J connectivity index is 2.26. The minimum absolute atomic E-state index is 0.581. The highest BCUT2D eigenvalue weighted by Gasteiger charge is 2.16. The van der Waals surface area contributed by atoms with Gasteiger partial charge in [-0.3, -0.25) is 4.98 Å². The van der Waals surface area contributed by atoms with E-state index >= 15 is 0 Å². The Kier molecular flexibility index (Phi) is 3.39. The van der Waals surface area contributed by atoms with Crippen LogP contribution < -0.4 is 4.74 Å². The number of nitrogens with zero attached hydrogens (tertiary/aromatic N) is 1. The van der Waals surface area contributed by atoms with Crippen molar-refractivity contribution >= 4 is 17.3 Å². The van der Waals surface area contributed by atoms with Crippen LogP contribution in [0.5, 0.6) is 5.75 Å². The SMILES string of the molecule is C[C@@H](Oc1cscc1-c1cccnc1)C(=O)O. The van der Waals surface area contributed by atoms with Crippen molar-refractivity contribution in [2.24, 2.45) is 0 Å². The Morgan fingerprint density at radius 1 is 1.53 bits per heavy atom. The van der Waals surface area contributed by atoms with Crippen LogP contribution in [0.2, 0.25) is 0 Å². The van der Waals surface area contributed by atoms with Crippen LogP contribution in [0.15, 0.2) is 35.3 Å². The van der Waals surface area contributed by atoms with E-state index in [0.717, 1.165) is 11.1 Å². The maximum absolute atomic E-state index is 10.7. The largest absolute Gasteiger partial charge is 0.479 e. The van der Waals surface area contributed by atoms with Gasteiger partial charge < -0.3 is 9.84 Å². The number of aliphatic carboxylic acids is 1. The lowest BCUT2D eigenvalue weighted by Gasteiger charge is -2.10. The normalized spacial score (nSPS) is 12.1. The number of rotatable bonds is 4. The van der Waals surface area contributed by atoms with Gasteiger partial charge in [0.25, 0.3) is 0 Å². The maximum Gasteiger partial charge on any atom is 0.344 e. The van der Waals surface area contributed by atoms with E-state index in [0.29, 0.717) is 5.75 Å². The lowest BCUT2D eigenvalue weighted by molar-refractivity contribution is -0.144. The third-order valence-corrected chi connectivity index (χ3v) is 2.97. The van der Waals surface area contributed by atoms with E-state index in [1.807, 2.05) is 17.5 Å². The Morgan fingerprint density at radius 2 is 2.35 bits per heavy atom. The fourth-order valence-electron chi connectivity index (χ4n) is 1.35. The lowest BCUT2D eigenvalue weighted by Crippen LogP contribution is -2.22. The van der Waals surface area contributed by atoms with E-state index in [1.54, 1.807) is 17.8 Å². The first-order valence-corrected chi connectivity index (χ1v) is 5.99. The molecule has 2 rings (SSSR count). The van der Waals surface area contributed by atoms with Gasteiger partial charge in [-0.05, 0) is 13.0 Å². The number of carboxylic acids is 1. The molecule has 88 valence electrons. The van der Waals surface area contributed by atoms with Gasteiger partial charge in [0, 0.05) is 34.3 Å². The fraction of sp³-hybridized carbons (Fsp3) is 0.167. The van der Waals surface area contributed by atoms with Crippen molar-refractivity contribution in [3.63, 3.8) is 0 Å².